The molecule has 104 valence electrons. The fourth-order valence-corrected chi connectivity index (χ4v) is 2.13. The van der Waals surface area contributed by atoms with Gasteiger partial charge in [0.1, 0.15) is 0 Å². The summed E-state index contributed by atoms with van der Waals surface area (Å²) in [5, 5.41) is 0. The zero-order valence-electron chi connectivity index (χ0n) is 12.3. The van der Waals surface area contributed by atoms with Crippen molar-refractivity contribution < 1.29 is 4.79 Å². The predicted octanol–water partition coefficient (Wildman–Crippen LogP) is 1.65. The first kappa shape index (κ1) is 14.0. The molecular weight excluding hydrogens is 238 g/mol. The van der Waals surface area contributed by atoms with Crippen molar-refractivity contribution in [2.24, 2.45) is 0 Å². The van der Waals surface area contributed by atoms with Gasteiger partial charge in [0.25, 0.3) is 0 Å². The van der Waals surface area contributed by atoms with Crippen molar-refractivity contribution in [2.45, 2.75) is 32.7 Å². The minimum atomic E-state index is 0.134. The van der Waals surface area contributed by atoms with E-state index in [1.54, 1.807) is 4.90 Å². The second-order valence-electron chi connectivity index (χ2n) is 6.31. The highest BCUT2D eigenvalue weighted by atomic mass is 16.2. The molecule has 0 unspecified atom stereocenters. The Morgan fingerprint density at radius 2 is 2.00 bits per heavy atom. The largest absolute Gasteiger partial charge is 0.343 e. The Hall–Kier alpha value is -1.42. The van der Waals surface area contributed by atoms with Gasteiger partial charge in [-0.2, -0.15) is 0 Å². The van der Waals surface area contributed by atoms with Crippen molar-refractivity contribution in [2.75, 3.05) is 26.7 Å². The summed E-state index contributed by atoms with van der Waals surface area (Å²) in [6.45, 7) is 9.53. The van der Waals surface area contributed by atoms with E-state index < -0.39 is 0 Å². The Labute approximate surface area is 115 Å². The summed E-state index contributed by atoms with van der Waals surface area (Å²) in [5.41, 5.74) is 2.41. The van der Waals surface area contributed by atoms with Crippen molar-refractivity contribution >= 4 is 5.91 Å². The Morgan fingerprint density at radius 3 is 2.53 bits per heavy atom. The molecule has 0 saturated carbocycles. The number of likely N-dealkylation sites (N-methyl/N-ethyl adjacent to an activating group) is 1. The van der Waals surface area contributed by atoms with E-state index in [0.29, 0.717) is 6.54 Å². The highest BCUT2D eigenvalue weighted by Crippen LogP contribution is 2.21. The second-order valence-corrected chi connectivity index (χ2v) is 6.31. The SMILES string of the molecule is CN1CCN(Cc2ccc(C(C)(C)C)cn2)CC1=O. The molecule has 19 heavy (non-hydrogen) atoms. The summed E-state index contributed by atoms with van der Waals surface area (Å²) in [6.07, 6.45) is 1.95. The first-order chi connectivity index (χ1) is 8.86. The van der Waals surface area contributed by atoms with Crippen LogP contribution in [0.5, 0.6) is 0 Å². The topological polar surface area (TPSA) is 36.4 Å². The number of amides is 1. The molecular formula is C15H23N3O. The van der Waals surface area contributed by atoms with Crippen LogP contribution >= 0.6 is 0 Å². The van der Waals surface area contributed by atoms with Gasteiger partial charge < -0.3 is 4.90 Å². The minimum Gasteiger partial charge on any atom is -0.343 e. The molecule has 4 heteroatoms. The average Bonchev–Trinajstić information content (AvgIpc) is 2.33. The average molecular weight is 261 g/mol. The van der Waals surface area contributed by atoms with Gasteiger partial charge in [0, 0.05) is 32.9 Å². The minimum absolute atomic E-state index is 0.134. The molecule has 1 aromatic heterocycles. The fraction of sp³-hybridized carbons (Fsp3) is 0.600. The molecule has 1 saturated heterocycles. The van der Waals surface area contributed by atoms with Crippen LogP contribution in [0.2, 0.25) is 0 Å². The van der Waals surface area contributed by atoms with Crippen molar-refractivity contribution in [3.63, 3.8) is 0 Å². The van der Waals surface area contributed by atoms with Crippen molar-refractivity contribution in [1.29, 1.82) is 0 Å². The lowest BCUT2D eigenvalue weighted by atomic mass is 9.88. The van der Waals surface area contributed by atoms with E-state index in [1.807, 2.05) is 13.2 Å². The third-order valence-electron chi connectivity index (χ3n) is 3.61. The lowest BCUT2D eigenvalue weighted by molar-refractivity contribution is -0.134. The molecule has 0 N–H and O–H groups in total. The molecule has 0 bridgehead atoms. The number of pyridine rings is 1. The van der Waals surface area contributed by atoms with E-state index in [4.69, 9.17) is 0 Å². The van der Waals surface area contributed by atoms with E-state index in [1.165, 1.54) is 5.56 Å². The lowest BCUT2D eigenvalue weighted by Crippen LogP contribution is -2.48. The zero-order valence-corrected chi connectivity index (χ0v) is 12.3. The molecule has 1 amide bonds. The Kier molecular flexibility index (Phi) is 3.90. The smallest absolute Gasteiger partial charge is 0.236 e. The van der Waals surface area contributed by atoms with Gasteiger partial charge >= 0.3 is 0 Å². The Balaban J connectivity index is 1.98. The molecule has 2 heterocycles. The van der Waals surface area contributed by atoms with Gasteiger partial charge in [0.15, 0.2) is 0 Å². The summed E-state index contributed by atoms with van der Waals surface area (Å²) in [6, 6.07) is 4.21. The van der Waals surface area contributed by atoms with E-state index in [-0.39, 0.29) is 11.3 Å². The van der Waals surface area contributed by atoms with E-state index in [0.717, 1.165) is 25.3 Å². The number of piperazine rings is 1. The number of rotatable bonds is 2. The van der Waals surface area contributed by atoms with E-state index in [2.05, 4.69) is 42.8 Å². The highest BCUT2D eigenvalue weighted by molar-refractivity contribution is 5.78. The quantitative estimate of drug-likeness (QED) is 0.812. The molecule has 4 nitrogen and oxygen atoms in total. The van der Waals surface area contributed by atoms with Crippen LogP contribution in [0.3, 0.4) is 0 Å². The third kappa shape index (κ3) is 3.53. The van der Waals surface area contributed by atoms with Crippen LogP contribution in [0.15, 0.2) is 18.3 Å². The predicted molar refractivity (Wildman–Crippen MR) is 75.9 cm³/mol. The number of carbonyl (C=O) groups is 1. The Bertz CT molecular complexity index is 447. The van der Waals surface area contributed by atoms with Crippen LogP contribution in [-0.2, 0) is 16.8 Å². The van der Waals surface area contributed by atoms with Crippen LogP contribution in [0.4, 0.5) is 0 Å². The zero-order chi connectivity index (χ0) is 14.0. The van der Waals surface area contributed by atoms with Gasteiger partial charge in [-0.05, 0) is 17.0 Å². The van der Waals surface area contributed by atoms with Crippen LogP contribution in [-0.4, -0.2) is 47.4 Å². The number of nitrogens with zero attached hydrogens (tertiary/aromatic N) is 3. The molecule has 2 rings (SSSR count). The maximum Gasteiger partial charge on any atom is 0.236 e. The van der Waals surface area contributed by atoms with Crippen LogP contribution in [0.25, 0.3) is 0 Å². The first-order valence-corrected chi connectivity index (χ1v) is 6.78. The molecule has 0 radical (unpaired) electrons. The van der Waals surface area contributed by atoms with Crippen molar-refractivity contribution in [1.82, 2.24) is 14.8 Å². The summed E-state index contributed by atoms with van der Waals surface area (Å²) < 4.78 is 0. The molecule has 0 spiro atoms. The molecule has 0 atom stereocenters. The van der Waals surface area contributed by atoms with Gasteiger partial charge in [0.05, 0.1) is 12.2 Å². The van der Waals surface area contributed by atoms with E-state index >= 15 is 0 Å². The Morgan fingerprint density at radius 1 is 1.26 bits per heavy atom. The molecule has 1 aromatic rings. The number of hydrogen-bond acceptors (Lipinski definition) is 3. The lowest BCUT2D eigenvalue weighted by Gasteiger charge is -2.31. The molecule has 1 aliphatic rings. The summed E-state index contributed by atoms with van der Waals surface area (Å²) in [7, 11) is 1.86. The number of aromatic nitrogens is 1. The van der Waals surface area contributed by atoms with Crippen molar-refractivity contribution in [3.8, 4) is 0 Å². The third-order valence-corrected chi connectivity index (χ3v) is 3.61. The maximum atomic E-state index is 11.6. The van der Waals surface area contributed by atoms with Crippen LogP contribution < -0.4 is 0 Å². The van der Waals surface area contributed by atoms with Crippen LogP contribution in [0.1, 0.15) is 32.0 Å². The normalized spacial score (nSPS) is 17.9. The summed E-state index contributed by atoms with van der Waals surface area (Å²) >= 11 is 0. The van der Waals surface area contributed by atoms with Crippen molar-refractivity contribution in [3.05, 3.63) is 29.6 Å². The van der Waals surface area contributed by atoms with Gasteiger partial charge in [-0.3, -0.25) is 14.7 Å². The number of carbonyl (C=O) groups excluding carboxylic acids is 1. The summed E-state index contributed by atoms with van der Waals surface area (Å²) in [5.74, 6) is 0.192. The maximum absolute atomic E-state index is 11.6. The highest BCUT2D eigenvalue weighted by Gasteiger charge is 2.21. The first-order valence-electron chi connectivity index (χ1n) is 6.78. The molecule has 1 fully saturated rings. The number of hydrogen-bond donors (Lipinski definition) is 0. The van der Waals surface area contributed by atoms with E-state index in [9.17, 15) is 4.79 Å². The van der Waals surface area contributed by atoms with Gasteiger partial charge in [-0.25, -0.2) is 0 Å². The fourth-order valence-electron chi connectivity index (χ4n) is 2.13. The molecule has 0 aromatic carbocycles. The molecule has 0 aliphatic carbocycles. The van der Waals surface area contributed by atoms with Gasteiger partial charge in [0.2, 0.25) is 5.91 Å². The summed E-state index contributed by atoms with van der Waals surface area (Å²) in [4.78, 5) is 20.1. The van der Waals surface area contributed by atoms with Gasteiger partial charge in [-0.1, -0.05) is 26.8 Å². The monoisotopic (exact) mass is 261 g/mol. The van der Waals surface area contributed by atoms with Gasteiger partial charge in [-0.15, -0.1) is 0 Å². The molecule has 1 aliphatic heterocycles. The van der Waals surface area contributed by atoms with Crippen LogP contribution in [0, 0.1) is 0 Å². The second kappa shape index (κ2) is 5.29. The standard InChI is InChI=1S/C15H23N3O/c1-15(2,3)12-5-6-13(16-9-12)10-18-8-7-17(4)14(19)11-18/h5-6,9H,7-8,10-11H2,1-4H3.